The van der Waals surface area contributed by atoms with Gasteiger partial charge in [-0.2, -0.15) is 23.0 Å². The van der Waals surface area contributed by atoms with Crippen molar-refractivity contribution >= 4 is 17.3 Å². The Morgan fingerprint density at radius 3 is 2.57 bits per heavy atom. The van der Waals surface area contributed by atoms with Gasteiger partial charge in [-0.3, -0.25) is 4.79 Å². The fourth-order valence-electron chi connectivity index (χ4n) is 2.49. The third-order valence-electron chi connectivity index (χ3n) is 3.95. The Balaban J connectivity index is 1.88. The van der Waals surface area contributed by atoms with E-state index in [4.69, 9.17) is 11.6 Å². The smallest absolute Gasteiger partial charge is 0.417 e. The summed E-state index contributed by atoms with van der Waals surface area (Å²) in [4.78, 5) is 16.1. The normalized spacial score (nSPS) is 12.6. The van der Waals surface area contributed by atoms with E-state index < -0.39 is 17.3 Å². The second-order valence-corrected chi connectivity index (χ2v) is 6.33. The van der Waals surface area contributed by atoms with Gasteiger partial charge in [0, 0.05) is 12.2 Å². The third-order valence-corrected chi connectivity index (χ3v) is 4.32. The molecule has 0 amide bonds. The van der Waals surface area contributed by atoms with Gasteiger partial charge in [0.15, 0.2) is 5.82 Å². The number of nitrogens with zero attached hydrogens (tertiary/aromatic N) is 3. The summed E-state index contributed by atoms with van der Waals surface area (Å²) in [6.07, 6.45) is -2.63. The molecule has 2 N–H and O–H groups in total. The minimum atomic E-state index is -4.53. The molecule has 0 spiro atoms. The second-order valence-electron chi connectivity index (χ2n) is 5.95. The van der Waals surface area contributed by atoms with Crippen LogP contribution in [0.3, 0.4) is 0 Å². The highest BCUT2D eigenvalue weighted by atomic mass is 35.5. The van der Waals surface area contributed by atoms with Gasteiger partial charge in [-0.05, 0) is 36.8 Å². The molecule has 6 nitrogen and oxygen atoms in total. The van der Waals surface area contributed by atoms with E-state index in [1.54, 1.807) is 25.1 Å². The van der Waals surface area contributed by atoms with Crippen LogP contribution in [0, 0.1) is 0 Å². The molecule has 0 saturated carbocycles. The summed E-state index contributed by atoms with van der Waals surface area (Å²) in [5, 5.41) is 16.3. The summed E-state index contributed by atoms with van der Waals surface area (Å²) in [5.41, 5.74) is -0.675. The van der Waals surface area contributed by atoms with Gasteiger partial charge in [-0.15, -0.1) is 0 Å². The molecular weight excluding hydrogens is 397 g/mol. The molecule has 0 fully saturated rings. The predicted octanol–water partition coefficient (Wildman–Crippen LogP) is 4.18. The van der Waals surface area contributed by atoms with Crippen LogP contribution in [-0.2, 0) is 6.18 Å². The molecule has 3 rings (SSSR count). The zero-order valence-electron chi connectivity index (χ0n) is 14.4. The van der Waals surface area contributed by atoms with E-state index in [1.165, 1.54) is 12.3 Å². The van der Waals surface area contributed by atoms with Crippen molar-refractivity contribution in [2.24, 2.45) is 0 Å². The first kappa shape index (κ1) is 19.7. The number of aromatic hydroxyl groups is 1. The van der Waals surface area contributed by atoms with Crippen molar-refractivity contribution in [3.63, 3.8) is 0 Å². The lowest BCUT2D eigenvalue weighted by Crippen LogP contribution is -2.24. The van der Waals surface area contributed by atoms with E-state index in [9.17, 15) is 23.1 Å². The van der Waals surface area contributed by atoms with Crippen molar-refractivity contribution in [3.05, 3.63) is 75.3 Å². The number of pyridine rings is 1. The monoisotopic (exact) mass is 410 g/mol. The Kier molecular flexibility index (Phi) is 5.28. The van der Waals surface area contributed by atoms with Crippen molar-refractivity contribution in [3.8, 4) is 11.6 Å². The average molecular weight is 411 g/mol. The molecule has 0 aliphatic carbocycles. The highest BCUT2D eigenvalue weighted by Crippen LogP contribution is 2.29. The van der Waals surface area contributed by atoms with Crippen LogP contribution in [0.1, 0.15) is 24.1 Å². The highest BCUT2D eigenvalue weighted by Gasteiger charge is 2.30. The van der Waals surface area contributed by atoms with E-state index >= 15 is 0 Å². The van der Waals surface area contributed by atoms with Crippen LogP contribution in [0.4, 0.5) is 18.9 Å². The molecule has 0 saturated heterocycles. The van der Waals surface area contributed by atoms with Crippen molar-refractivity contribution < 1.29 is 18.3 Å². The number of hydrogen-bond acceptors (Lipinski definition) is 5. The highest BCUT2D eigenvalue weighted by molar-refractivity contribution is 6.32. The zero-order chi connectivity index (χ0) is 20.5. The number of anilines is 1. The van der Waals surface area contributed by atoms with Crippen molar-refractivity contribution in [1.82, 2.24) is 14.8 Å². The lowest BCUT2D eigenvalue weighted by molar-refractivity contribution is -0.137. The van der Waals surface area contributed by atoms with Crippen LogP contribution in [0.25, 0.3) is 5.82 Å². The van der Waals surface area contributed by atoms with E-state index in [0.29, 0.717) is 6.20 Å². The molecule has 3 aromatic rings. The van der Waals surface area contributed by atoms with Gasteiger partial charge in [-0.25, -0.2) is 4.98 Å². The maximum absolute atomic E-state index is 12.6. The molecule has 28 heavy (non-hydrogen) atoms. The fourth-order valence-corrected chi connectivity index (χ4v) is 2.67. The molecule has 2 aromatic heterocycles. The van der Waals surface area contributed by atoms with E-state index in [-0.39, 0.29) is 28.3 Å². The van der Waals surface area contributed by atoms with Crippen LogP contribution < -0.4 is 10.9 Å². The van der Waals surface area contributed by atoms with Gasteiger partial charge in [0.05, 0.1) is 17.4 Å². The molecule has 1 atom stereocenters. The van der Waals surface area contributed by atoms with Crippen LogP contribution in [-0.4, -0.2) is 19.9 Å². The Morgan fingerprint density at radius 1 is 1.21 bits per heavy atom. The van der Waals surface area contributed by atoms with Crippen LogP contribution >= 0.6 is 11.6 Å². The number of halogens is 4. The Morgan fingerprint density at radius 2 is 1.96 bits per heavy atom. The number of alkyl halides is 3. The summed E-state index contributed by atoms with van der Waals surface area (Å²) < 4.78 is 38.7. The Labute approximate surface area is 162 Å². The van der Waals surface area contributed by atoms with Gasteiger partial charge in [0.1, 0.15) is 10.8 Å². The van der Waals surface area contributed by atoms with E-state index in [0.717, 1.165) is 22.4 Å². The quantitative estimate of drug-likeness (QED) is 0.674. The molecule has 1 unspecified atom stereocenters. The number of rotatable bonds is 4. The number of aromatic nitrogens is 3. The molecule has 2 heterocycles. The van der Waals surface area contributed by atoms with Crippen LogP contribution in [0.5, 0.6) is 5.75 Å². The molecule has 0 radical (unpaired) electrons. The minimum Gasteiger partial charge on any atom is -0.508 e. The third kappa shape index (κ3) is 4.09. The molecule has 0 aliphatic heterocycles. The second kappa shape index (κ2) is 7.51. The molecule has 1 aromatic carbocycles. The van der Waals surface area contributed by atoms with Gasteiger partial charge in [0.2, 0.25) is 0 Å². The van der Waals surface area contributed by atoms with Crippen molar-refractivity contribution in [1.29, 1.82) is 0 Å². The topological polar surface area (TPSA) is 80.0 Å². The van der Waals surface area contributed by atoms with E-state index in [1.807, 2.05) is 0 Å². The van der Waals surface area contributed by atoms with Gasteiger partial charge >= 0.3 is 6.18 Å². The first-order valence-corrected chi connectivity index (χ1v) is 8.41. The lowest BCUT2D eigenvalue weighted by Gasteiger charge is -2.17. The number of phenolic OH excluding ortho intramolecular Hbond substituents is 1. The summed E-state index contributed by atoms with van der Waals surface area (Å²) in [5.74, 6) is 0.00616. The van der Waals surface area contributed by atoms with Crippen molar-refractivity contribution in [2.45, 2.75) is 19.1 Å². The molecule has 0 bridgehead atoms. The largest absolute Gasteiger partial charge is 0.508 e. The maximum atomic E-state index is 12.6. The zero-order valence-corrected chi connectivity index (χ0v) is 15.2. The van der Waals surface area contributed by atoms with Crippen molar-refractivity contribution in [2.75, 3.05) is 5.32 Å². The minimum absolute atomic E-state index is 0.0903. The SMILES string of the molecule is CC(Nc1cnn(-c2ccc(C(F)(F)F)cn2)c(=O)c1Cl)c1cccc(O)c1. The lowest BCUT2D eigenvalue weighted by atomic mass is 10.1. The molecular formula is C18H14ClF3N4O2. The molecule has 10 heteroatoms. The first-order valence-electron chi connectivity index (χ1n) is 8.03. The predicted molar refractivity (Wildman–Crippen MR) is 97.8 cm³/mol. The molecule has 0 aliphatic rings. The number of nitrogens with one attached hydrogen (secondary N) is 1. The van der Waals surface area contributed by atoms with Crippen LogP contribution in [0.15, 0.2) is 53.6 Å². The van der Waals surface area contributed by atoms with Gasteiger partial charge in [-0.1, -0.05) is 23.7 Å². The standard InChI is InChI=1S/C18H14ClF3N4O2/c1-10(11-3-2-4-13(27)7-11)25-14-9-24-26(17(28)16(14)19)15-6-5-12(8-23-15)18(20,21)22/h2-10,25,27H,1H3. The summed E-state index contributed by atoms with van der Waals surface area (Å²) in [6, 6.07) is 8.10. The Bertz CT molecular complexity index is 1050. The Hall–Kier alpha value is -3.07. The molecule has 146 valence electrons. The first-order chi connectivity index (χ1) is 13.2. The maximum Gasteiger partial charge on any atom is 0.417 e. The van der Waals surface area contributed by atoms with Gasteiger partial charge in [0.25, 0.3) is 5.56 Å². The average Bonchev–Trinajstić information content (AvgIpc) is 2.65. The number of phenols is 1. The summed E-state index contributed by atoms with van der Waals surface area (Å²) in [6.45, 7) is 1.80. The van der Waals surface area contributed by atoms with Gasteiger partial charge < -0.3 is 10.4 Å². The van der Waals surface area contributed by atoms with Crippen LogP contribution in [0.2, 0.25) is 5.02 Å². The number of hydrogen-bond donors (Lipinski definition) is 2. The summed E-state index contributed by atoms with van der Waals surface area (Å²) in [7, 11) is 0. The summed E-state index contributed by atoms with van der Waals surface area (Å²) >= 11 is 6.12. The van der Waals surface area contributed by atoms with E-state index in [2.05, 4.69) is 15.4 Å². The number of benzene rings is 1. The fraction of sp³-hybridized carbons (Fsp3) is 0.167.